The van der Waals surface area contributed by atoms with Crippen molar-refractivity contribution in [2.24, 2.45) is 7.05 Å². The highest BCUT2D eigenvalue weighted by atomic mass is 16.3. The quantitative estimate of drug-likeness (QED) is 0.788. The third-order valence-corrected chi connectivity index (χ3v) is 4.85. The highest BCUT2D eigenvalue weighted by molar-refractivity contribution is 5.77. The molecule has 8 nitrogen and oxygen atoms in total. The van der Waals surface area contributed by atoms with Gasteiger partial charge in [0.15, 0.2) is 0 Å². The predicted molar refractivity (Wildman–Crippen MR) is 92.6 cm³/mol. The molecule has 8 heteroatoms. The molecule has 2 aromatic rings. The van der Waals surface area contributed by atoms with E-state index in [-0.39, 0.29) is 5.91 Å². The Balaban J connectivity index is 1.43. The Hall–Kier alpha value is -2.19. The summed E-state index contributed by atoms with van der Waals surface area (Å²) in [6.07, 6.45) is 2.67. The first-order valence-corrected chi connectivity index (χ1v) is 8.59. The predicted octanol–water partition coefficient (Wildman–Crippen LogP) is 0.539. The summed E-state index contributed by atoms with van der Waals surface area (Å²) >= 11 is 0. The summed E-state index contributed by atoms with van der Waals surface area (Å²) in [5, 5.41) is 11.2. The van der Waals surface area contributed by atoms with Crippen LogP contribution in [0.15, 0.2) is 22.8 Å². The van der Waals surface area contributed by atoms with Crippen molar-refractivity contribution < 1.29 is 9.21 Å². The Kier molecular flexibility index (Phi) is 5.50. The highest BCUT2D eigenvalue weighted by Crippen LogP contribution is 2.16. The Morgan fingerprint density at radius 2 is 2.32 bits per heavy atom. The monoisotopic (exact) mass is 346 g/mol. The summed E-state index contributed by atoms with van der Waals surface area (Å²) in [7, 11) is 4.10. The lowest BCUT2D eigenvalue weighted by Crippen LogP contribution is -2.39. The molecule has 3 rings (SSSR count). The number of likely N-dealkylation sites (tertiary alicyclic amines) is 1. The summed E-state index contributed by atoms with van der Waals surface area (Å²) in [5.41, 5.74) is 0. The van der Waals surface area contributed by atoms with Gasteiger partial charge in [-0.3, -0.25) is 14.6 Å². The van der Waals surface area contributed by atoms with Crippen LogP contribution in [-0.4, -0.2) is 63.2 Å². The minimum absolute atomic E-state index is 0.0311. The van der Waals surface area contributed by atoms with Gasteiger partial charge >= 0.3 is 0 Å². The number of amides is 1. The smallest absolute Gasteiger partial charge is 0.234 e. The molecule has 1 N–H and O–H groups in total. The van der Waals surface area contributed by atoms with Gasteiger partial charge in [-0.1, -0.05) is 0 Å². The first-order chi connectivity index (χ1) is 12.0. The van der Waals surface area contributed by atoms with Crippen LogP contribution in [0.4, 0.5) is 0 Å². The zero-order chi connectivity index (χ0) is 17.8. The van der Waals surface area contributed by atoms with Crippen LogP contribution in [-0.2, 0) is 24.9 Å². The highest BCUT2D eigenvalue weighted by Gasteiger charge is 2.27. The van der Waals surface area contributed by atoms with Crippen LogP contribution in [0, 0.1) is 6.92 Å². The van der Waals surface area contributed by atoms with E-state index in [2.05, 4.69) is 32.4 Å². The SMILES string of the molecule is Cc1nnc(CN(C)[C@H]2CCN(CC(=O)NCc3ccco3)C2)n1C. The molecule has 1 saturated heterocycles. The lowest BCUT2D eigenvalue weighted by Gasteiger charge is -2.24. The van der Waals surface area contributed by atoms with Crippen LogP contribution in [0.2, 0.25) is 0 Å². The minimum Gasteiger partial charge on any atom is -0.467 e. The van der Waals surface area contributed by atoms with E-state index in [1.54, 1.807) is 6.26 Å². The number of likely N-dealkylation sites (N-methyl/N-ethyl adjacent to an activating group) is 1. The molecule has 1 atom stereocenters. The van der Waals surface area contributed by atoms with E-state index in [0.29, 0.717) is 19.1 Å². The number of aromatic nitrogens is 3. The molecular formula is C17H26N6O2. The van der Waals surface area contributed by atoms with Crippen LogP contribution >= 0.6 is 0 Å². The zero-order valence-electron chi connectivity index (χ0n) is 15.1. The summed E-state index contributed by atoms with van der Waals surface area (Å²) in [6.45, 7) is 5.40. The Labute approximate surface area is 147 Å². The molecule has 2 aromatic heterocycles. The van der Waals surface area contributed by atoms with Gasteiger partial charge < -0.3 is 14.3 Å². The van der Waals surface area contributed by atoms with Gasteiger partial charge in [0, 0.05) is 26.2 Å². The Morgan fingerprint density at radius 1 is 1.48 bits per heavy atom. The van der Waals surface area contributed by atoms with Crippen LogP contribution < -0.4 is 5.32 Å². The number of carbonyl (C=O) groups is 1. The van der Waals surface area contributed by atoms with Gasteiger partial charge in [0.05, 0.1) is 25.9 Å². The lowest BCUT2D eigenvalue weighted by molar-refractivity contribution is -0.122. The maximum absolute atomic E-state index is 12.1. The van der Waals surface area contributed by atoms with E-state index < -0.39 is 0 Å². The van der Waals surface area contributed by atoms with Crippen molar-refractivity contribution in [3.63, 3.8) is 0 Å². The van der Waals surface area contributed by atoms with Crippen molar-refractivity contribution in [1.82, 2.24) is 29.9 Å². The fourth-order valence-electron chi connectivity index (χ4n) is 3.11. The third kappa shape index (κ3) is 4.46. The van der Waals surface area contributed by atoms with Gasteiger partial charge in [-0.2, -0.15) is 0 Å². The Bertz CT molecular complexity index is 696. The maximum Gasteiger partial charge on any atom is 0.234 e. The van der Waals surface area contributed by atoms with Crippen molar-refractivity contribution in [1.29, 1.82) is 0 Å². The molecule has 0 saturated carbocycles. The number of carbonyl (C=O) groups excluding carboxylic acids is 1. The van der Waals surface area contributed by atoms with Gasteiger partial charge in [0.2, 0.25) is 5.91 Å². The fraction of sp³-hybridized carbons (Fsp3) is 0.588. The molecular weight excluding hydrogens is 320 g/mol. The van der Waals surface area contributed by atoms with Crippen LogP contribution in [0.3, 0.4) is 0 Å². The van der Waals surface area contributed by atoms with Crippen molar-refractivity contribution in [3.05, 3.63) is 35.8 Å². The van der Waals surface area contributed by atoms with Gasteiger partial charge in [-0.15, -0.1) is 10.2 Å². The van der Waals surface area contributed by atoms with Gasteiger partial charge in [-0.25, -0.2) is 0 Å². The van der Waals surface area contributed by atoms with E-state index >= 15 is 0 Å². The number of hydrogen-bond acceptors (Lipinski definition) is 6. The van der Waals surface area contributed by atoms with Gasteiger partial charge in [0.1, 0.15) is 17.4 Å². The summed E-state index contributed by atoms with van der Waals surface area (Å²) in [6, 6.07) is 4.10. The number of hydrogen-bond donors (Lipinski definition) is 1. The number of nitrogens with one attached hydrogen (secondary N) is 1. The molecule has 136 valence electrons. The lowest BCUT2D eigenvalue weighted by atomic mass is 10.2. The molecule has 3 heterocycles. The van der Waals surface area contributed by atoms with Crippen molar-refractivity contribution in [3.8, 4) is 0 Å². The molecule has 0 radical (unpaired) electrons. The second-order valence-corrected chi connectivity index (χ2v) is 6.67. The molecule has 1 aliphatic rings. The summed E-state index contributed by atoms with van der Waals surface area (Å²) in [5.74, 6) is 2.69. The molecule has 0 aromatic carbocycles. The van der Waals surface area contributed by atoms with E-state index in [1.807, 2.05) is 30.7 Å². The number of nitrogens with zero attached hydrogens (tertiary/aromatic N) is 5. The van der Waals surface area contributed by atoms with Crippen LogP contribution in [0.25, 0.3) is 0 Å². The van der Waals surface area contributed by atoms with Crippen molar-refractivity contribution in [2.45, 2.75) is 32.5 Å². The van der Waals surface area contributed by atoms with E-state index in [9.17, 15) is 4.79 Å². The number of rotatable bonds is 7. The zero-order valence-corrected chi connectivity index (χ0v) is 15.1. The molecule has 0 aliphatic carbocycles. The van der Waals surface area contributed by atoms with E-state index in [0.717, 1.165) is 43.5 Å². The molecule has 0 unspecified atom stereocenters. The van der Waals surface area contributed by atoms with Crippen molar-refractivity contribution in [2.75, 3.05) is 26.7 Å². The average Bonchev–Trinajstić information content (AvgIpc) is 3.32. The van der Waals surface area contributed by atoms with Gasteiger partial charge in [0.25, 0.3) is 0 Å². The molecule has 25 heavy (non-hydrogen) atoms. The van der Waals surface area contributed by atoms with Crippen molar-refractivity contribution >= 4 is 5.91 Å². The minimum atomic E-state index is 0.0311. The number of aryl methyl sites for hydroxylation is 1. The Morgan fingerprint density at radius 3 is 3.00 bits per heavy atom. The second kappa shape index (κ2) is 7.79. The molecule has 1 fully saturated rings. The number of furan rings is 1. The van der Waals surface area contributed by atoms with Crippen LogP contribution in [0.5, 0.6) is 0 Å². The normalized spacial score (nSPS) is 18.2. The molecule has 1 amide bonds. The second-order valence-electron chi connectivity index (χ2n) is 6.67. The summed E-state index contributed by atoms with van der Waals surface area (Å²) < 4.78 is 7.24. The topological polar surface area (TPSA) is 79.4 Å². The molecule has 0 spiro atoms. The fourth-order valence-corrected chi connectivity index (χ4v) is 3.11. The summed E-state index contributed by atoms with van der Waals surface area (Å²) in [4.78, 5) is 16.6. The maximum atomic E-state index is 12.1. The van der Waals surface area contributed by atoms with E-state index in [1.165, 1.54) is 0 Å². The molecule has 1 aliphatic heterocycles. The van der Waals surface area contributed by atoms with Crippen LogP contribution in [0.1, 0.15) is 23.8 Å². The standard InChI is InChI=1S/C17H26N6O2/c1-13-19-20-16(22(13)3)11-21(2)14-6-7-23(10-14)12-17(24)18-9-15-5-4-8-25-15/h4-5,8,14H,6-7,9-12H2,1-3H3,(H,18,24)/t14-/m0/s1. The largest absolute Gasteiger partial charge is 0.467 e. The molecule has 0 bridgehead atoms. The van der Waals surface area contributed by atoms with Gasteiger partial charge in [-0.05, 0) is 32.5 Å². The first kappa shape index (κ1) is 17.6. The average molecular weight is 346 g/mol. The third-order valence-electron chi connectivity index (χ3n) is 4.85. The van der Waals surface area contributed by atoms with E-state index in [4.69, 9.17) is 4.42 Å². The first-order valence-electron chi connectivity index (χ1n) is 8.59.